The standard InChI is InChI=1S/C21H21ClN6/c1-12(2)20-13(3)26-28-18(16-8-23-24-9-16)7-19(25-21(20)28)27-10-14-4-5-17(22)6-15(14)11-27/h4-9,12H,10-11H2,1-3H3,(H,23,24). The molecule has 1 aliphatic rings. The highest BCUT2D eigenvalue weighted by Crippen LogP contribution is 2.34. The van der Waals surface area contributed by atoms with Gasteiger partial charge in [-0.25, -0.2) is 9.50 Å². The first-order valence-corrected chi connectivity index (χ1v) is 9.80. The Bertz CT molecular complexity index is 1180. The van der Waals surface area contributed by atoms with Gasteiger partial charge in [-0.3, -0.25) is 5.10 Å². The third-order valence-electron chi connectivity index (χ3n) is 5.38. The maximum atomic E-state index is 6.19. The fraction of sp³-hybridized carbons (Fsp3) is 0.286. The minimum Gasteiger partial charge on any atom is -0.348 e. The van der Waals surface area contributed by atoms with Gasteiger partial charge in [-0.2, -0.15) is 10.2 Å². The zero-order chi connectivity index (χ0) is 19.4. The van der Waals surface area contributed by atoms with Crippen molar-refractivity contribution in [1.82, 2.24) is 24.8 Å². The van der Waals surface area contributed by atoms with E-state index in [4.69, 9.17) is 21.7 Å². The van der Waals surface area contributed by atoms with E-state index in [1.165, 1.54) is 16.7 Å². The van der Waals surface area contributed by atoms with Crippen molar-refractivity contribution in [2.75, 3.05) is 4.90 Å². The van der Waals surface area contributed by atoms with E-state index in [0.717, 1.165) is 46.5 Å². The molecule has 1 N–H and O–H groups in total. The lowest BCUT2D eigenvalue weighted by molar-refractivity contribution is 0.841. The number of fused-ring (bicyclic) bond motifs is 2. The number of aromatic amines is 1. The molecule has 0 aliphatic carbocycles. The van der Waals surface area contributed by atoms with Crippen LogP contribution in [0.4, 0.5) is 5.82 Å². The van der Waals surface area contributed by atoms with E-state index in [0.29, 0.717) is 5.92 Å². The van der Waals surface area contributed by atoms with Crippen molar-refractivity contribution >= 4 is 23.1 Å². The van der Waals surface area contributed by atoms with E-state index in [1.54, 1.807) is 0 Å². The second-order valence-electron chi connectivity index (χ2n) is 7.64. The molecule has 0 spiro atoms. The van der Waals surface area contributed by atoms with Crippen LogP contribution in [0.15, 0.2) is 36.7 Å². The normalized spacial score (nSPS) is 13.7. The van der Waals surface area contributed by atoms with Gasteiger partial charge in [0.05, 0.1) is 17.6 Å². The lowest BCUT2D eigenvalue weighted by Crippen LogP contribution is -2.17. The van der Waals surface area contributed by atoms with Crippen molar-refractivity contribution in [3.8, 4) is 11.3 Å². The van der Waals surface area contributed by atoms with Gasteiger partial charge in [0.15, 0.2) is 5.65 Å². The van der Waals surface area contributed by atoms with Gasteiger partial charge in [0.1, 0.15) is 5.82 Å². The Hall–Kier alpha value is -2.86. The van der Waals surface area contributed by atoms with Crippen LogP contribution in [-0.2, 0) is 13.1 Å². The number of anilines is 1. The van der Waals surface area contributed by atoms with E-state index in [9.17, 15) is 0 Å². The summed E-state index contributed by atoms with van der Waals surface area (Å²) >= 11 is 6.19. The van der Waals surface area contributed by atoms with Gasteiger partial charge in [0.25, 0.3) is 0 Å². The molecule has 142 valence electrons. The van der Waals surface area contributed by atoms with E-state index >= 15 is 0 Å². The number of halogens is 1. The topological polar surface area (TPSA) is 62.1 Å². The second-order valence-corrected chi connectivity index (χ2v) is 8.08. The summed E-state index contributed by atoms with van der Waals surface area (Å²) in [4.78, 5) is 7.33. The van der Waals surface area contributed by atoms with Crippen LogP contribution in [0, 0.1) is 6.92 Å². The van der Waals surface area contributed by atoms with Crippen molar-refractivity contribution < 1.29 is 0 Å². The van der Waals surface area contributed by atoms with Crippen molar-refractivity contribution in [3.05, 3.63) is 64.1 Å². The summed E-state index contributed by atoms with van der Waals surface area (Å²) in [6, 6.07) is 8.21. The number of rotatable bonds is 3. The van der Waals surface area contributed by atoms with Gasteiger partial charge in [0, 0.05) is 41.5 Å². The maximum absolute atomic E-state index is 6.19. The number of nitrogens with one attached hydrogen (secondary N) is 1. The minimum atomic E-state index is 0.340. The molecule has 1 aliphatic heterocycles. The molecule has 0 atom stereocenters. The summed E-state index contributed by atoms with van der Waals surface area (Å²) in [5.74, 6) is 1.28. The zero-order valence-electron chi connectivity index (χ0n) is 16.1. The Balaban J connectivity index is 1.69. The summed E-state index contributed by atoms with van der Waals surface area (Å²) in [5, 5.41) is 12.6. The van der Waals surface area contributed by atoms with Crippen LogP contribution in [0.3, 0.4) is 0 Å². The van der Waals surface area contributed by atoms with Crippen LogP contribution in [0.2, 0.25) is 5.02 Å². The first kappa shape index (κ1) is 17.3. The lowest BCUT2D eigenvalue weighted by atomic mass is 10.0. The minimum absolute atomic E-state index is 0.340. The molecule has 28 heavy (non-hydrogen) atoms. The highest BCUT2D eigenvalue weighted by atomic mass is 35.5. The Morgan fingerprint density at radius 1 is 1.14 bits per heavy atom. The summed E-state index contributed by atoms with van der Waals surface area (Å²) in [6.45, 7) is 8.04. The van der Waals surface area contributed by atoms with Gasteiger partial charge in [-0.05, 0) is 36.1 Å². The Labute approximate surface area is 168 Å². The average molecular weight is 393 g/mol. The Kier molecular flexibility index (Phi) is 3.91. The van der Waals surface area contributed by atoms with E-state index in [-0.39, 0.29) is 0 Å². The Morgan fingerprint density at radius 2 is 1.96 bits per heavy atom. The lowest BCUT2D eigenvalue weighted by Gasteiger charge is -2.18. The van der Waals surface area contributed by atoms with E-state index in [1.807, 2.05) is 23.0 Å². The predicted octanol–water partition coefficient (Wildman–Crippen LogP) is 4.72. The molecule has 0 saturated heterocycles. The quantitative estimate of drug-likeness (QED) is 0.547. The number of hydrogen-bond acceptors (Lipinski definition) is 4. The number of aromatic nitrogens is 5. The molecule has 4 heterocycles. The van der Waals surface area contributed by atoms with E-state index < -0.39 is 0 Å². The molecule has 0 saturated carbocycles. The van der Waals surface area contributed by atoms with Crippen molar-refractivity contribution in [3.63, 3.8) is 0 Å². The first-order valence-electron chi connectivity index (χ1n) is 9.43. The number of H-pyrrole nitrogens is 1. The third kappa shape index (κ3) is 2.67. The summed E-state index contributed by atoms with van der Waals surface area (Å²) in [7, 11) is 0. The van der Waals surface area contributed by atoms with Gasteiger partial charge < -0.3 is 4.90 Å². The van der Waals surface area contributed by atoms with Crippen LogP contribution < -0.4 is 4.90 Å². The smallest absolute Gasteiger partial charge is 0.161 e. The van der Waals surface area contributed by atoms with Crippen LogP contribution in [-0.4, -0.2) is 24.8 Å². The van der Waals surface area contributed by atoms with Crippen LogP contribution in [0.25, 0.3) is 16.9 Å². The number of aryl methyl sites for hydroxylation is 1. The first-order chi connectivity index (χ1) is 13.5. The second kappa shape index (κ2) is 6.34. The highest BCUT2D eigenvalue weighted by Gasteiger charge is 2.24. The molecule has 0 fully saturated rings. The largest absolute Gasteiger partial charge is 0.348 e. The fourth-order valence-corrected chi connectivity index (χ4v) is 4.28. The molecule has 4 aromatic rings. The maximum Gasteiger partial charge on any atom is 0.161 e. The van der Waals surface area contributed by atoms with Crippen LogP contribution in [0.5, 0.6) is 0 Å². The molecular formula is C21H21ClN6. The van der Waals surface area contributed by atoms with Gasteiger partial charge in [-0.1, -0.05) is 31.5 Å². The molecule has 3 aromatic heterocycles. The molecule has 0 unspecified atom stereocenters. The summed E-state index contributed by atoms with van der Waals surface area (Å²) < 4.78 is 1.94. The third-order valence-corrected chi connectivity index (χ3v) is 5.62. The number of benzene rings is 1. The van der Waals surface area contributed by atoms with Crippen LogP contribution in [0.1, 0.15) is 42.1 Å². The van der Waals surface area contributed by atoms with Crippen molar-refractivity contribution in [2.24, 2.45) is 0 Å². The highest BCUT2D eigenvalue weighted by molar-refractivity contribution is 6.30. The molecule has 5 rings (SSSR count). The number of hydrogen-bond donors (Lipinski definition) is 1. The van der Waals surface area contributed by atoms with Crippen molar-refractivity contribution in [2.45, 2.75) is 39.8 Å². The SMILES string of the molecule is Cc1nn2c(-c3cn[nH]c3)cc(N3Cc4ccc(Cl)cc4C3)nc2c1C(C)C. The molecule has 6 nitrogen and oxygen atoms in total. The Morgan fingerprint density at radius 3 is 2.71 bits per heavy atom. The molecule has 0 amide bonds. The molecular weight excluding hydrogens is 372 g/mol. The summed E-state index contributed by atoms with van der Waals surface area (Å²) in [5.41, 5.74) is 7.64. The van der Waals surface area contributed by atoms with Gasteiger partial charge in [0.2, 0.25) is 0 Å². The fourth-order valence-electron chi connectivity index (χ4n) is 4.09. The van der Waals surface area contributed by atoms with Crippen molar-refractivity contribution in [1.29, 1.82) is 0 Å². The van der Waals surface area contributed by atoms with Crippen LogP contribution >= 0.6 is 11.6 Å². The van der Waals surface area contributed by atoms with E-state index in [2.05, 4.69) is 54.1 Å². The predicted molar refractivity (Wildman–Crippen MR) is 111 cm³/mol. The number of nitrogens with zero attached hydrogens (tertiary/aromatic N) is 5. The summed E-state index contributed by atoms with van der Waals surface area (Å²) in [6.07, 6.45) is 3.71. The van der Waals surface area contributed by atoms with Gasteiger partial charge in [-0.15, -0.1) is 0 Å². The average Bonchev–Trinajstić information content (AvgIpc) is 3.37. The molecule has 0 radical (unpaired) electrons. The molecule has 7 heteroatoms. The molecule has 0 bridgehead atoms. The van der Waals surface area contributed by atoms with Gasteiger partial charge >= 0.3 is 0 Å². The zero-order valence-corrected chi connectivity index (χ0v) is 16.8. The monoisotopic (exact) mass is 392 g/mol. The molecule has 1 aromatic carbocycles.